The van der Waals surface area contributed by atoms with E-state index < -0.39 is 0 Å². The van der Waals surface area contributed by atoms with Gasteiger partial charge in [-0.15, -0.1) is 0 Å². The monoisotopic (exact) mass is 296 g/mol. The number of halogens is 2. The lowest BCUT2D eigenvalue weighted by Crippen LogP contribution is -2.12. The molecular formula is C14H14BrFO. The second-order valence-corrected chi connectivity index (χ2v) is 6.06. The van der Waals surface area contributed by atoms with Crippen molar-refractivity contribution in [3.05, 3.63) is 35.8 Å². The predicted molar refractivity (Wildman–Crippen MR) is 70.1 cm³/mol. The van der Waals surface area contributed by atoms with Gasteiger partial charge in [0.05, 0.1) is 0 Å². The van der Waals surface area contributed by atoms with E-state index in [2.05, 4.69) is 15.9 Å². The highest BCUT2D eigenvalue weighted by Crippen LogP contribution is 2.38. The molecule has 3 rings (SSSR count). The third kappa shape index (κ3) is 2.13. The second kappa shape index (κ2) is 4.45. The molecule has 0 bridgehead atoms. The zero-order chi connectivity index (χ0) is 11.8. The van der Waals surface area contributed by atoms with Gasteiger partial charge in [0, 0.05) is 16.1 Å². The van der Waals surface area contributed by atoms with Crippen LogP contribution in [-0.2, 0) is 0 Å². The highest BCUT2D eigenvalue weighted by molar-refractivity contribution is 9.09. The Kier molecular flexibility index (Phi) is 2.95. The summed E-state index contributed by atoms with van der Waals surface area (Å²) in [5.74, 6) is 1.11. The molecule has 0 amide bonds. The standard InChI is InChI=1S/C14H14BrFO/c15-11-5-1-3-9(7-11)13-8-10-4-2-6-12(16)14(10)17-13/h2,4,6,8-9,11H,1,3,5,7H2. The quantitative estimate of drug-likeness (QED) is 0.676. The van der Waals surface area contributed by atoms with Gasteiger partial charge >= 0.3 is 0 Å². The van der Waals surface area contributed by atoms with Crippen LogP contribution in [-0.4, -0.2) is 4.83 Å². The van der Waals surface area contributed by atoms with Crippen LogP contribution in [0.25, 0.3) is 11.0 Å². The number of hydrogen-bond acceptors (Lipinski definition) is 1. The summed E-state index contributed by atoms with van der Waals surface area (Å²) in [6.45, 7) is 0. The van der Waals surface area contributed by atoms with Crippen LogP contribution in [0.4, 0.5) is 4.39 Å². The van der Waals surface area contributed by atoms with Gasteiger partial charge in [0.2, 0.25) is 0 Å². The maximum atomic E-state index is 13.5. The first-order valence-electron chi connectivity index (χ1n) is 6.06. The van der Waals surface area contributed by atoms with Gasteiger partial charge in [0.15, 0.2) is 11.4 Å². The number of para-hydroxylation sites is 1. The number of fused-ring (bicyclic) bond motifs is 1. The van der Waals surface area contributed by atoms with Crippen molar-refractivity contribution >= 4 is 26.9 Å². The molecule has 0 N–H and O–H groups in total. The van der Waals surface area contributed by atoms with Gasteiger partial charge < -0.3 is 4.42 Å². The maximum Gasteiger partial charge on any atom is 0.169 e. The molecule has 0 radical (unpaired) electrons. The molecular weight excluding hydrogens is 283 g/mol. The van der Waals surface area contributed by atoms with Gasteiger partial charge in [-0.05, 0) is 31.4 Å². The fraction of sp³-hybridized carbons (Fsp3) is 0.429. The van der Waals surface area contributed by atoms with Gasteiger partial charge in [-0.25, -0.2) is 4.39 Å². The Morgan fingerprint density at radius 2 is 2.18 bits per heavy atom. The molecule has 2 atom stereocenters. The molecule has 17 heavy (non-hydrogen) atoms. The minimum absolute atomic E-state index is 0.264. The minimum Gasteiger partial charge on any atom is -0.458 e. The van der Waals surface area contributed by atoms with Crippen molar-refractivity contribution in [2.75, 3.05) is 0 Å². The molecule has 0 spiro atoms. The first-order valence-corrected chi connectivity index (χ1v) is 6.97. The van der Waals surface area contributed by atoms with Crippen LogP contribution in [0, 0.1) is 5.82 Å². The lowest BCUT2D eigenvalue weighted by molar-refractivity contribution is 0.391. The van der Waals surface area contributed by atoms with Gasteiger partial charge in [-0.3, -0.25) is 0 Å². The Morgan fingerprint density at radius 3 is 2.94 bits per heavy atom. The third-order valence-electron chi connectivity index (χ3n) is 3.53. The van der Waals surface area contributed by atoms with E-state index in [1.165, 1.54) is 18.9 Å². The van der Waals surface area contributed by atoms with E-state index in [0.717, 1.165) is 24.0 Å². The molecule has 1 aromatic carbocycles. The first-order chi connectivity index (χ1) is 8.24. The minimum atomic E-state index is -0.264. The topological polar surface area (TPSA) is 13.1 Å². The molecule has 0 saturated heterocycles. The average molecular weight is 297 g/mol. The van der Waals surface area contributed by atoms with Crippen molar-refractivity contribution < 1.29 is 8.81 Å². The van der Waals surface area contributed by atoms with E-state index in [4.69, 9.17) is 4.42 Å². The molecule has 1 saturated carbocycles. The fourth-order valence-corrected chi connectivity index (χ4v) is 3.41. The molecule has 0 aliphatic heterocycles. The second-order valence-electron chi connectivity index (χ2n) is 4.77. The van der Waals surface area contributed by atoms with E-state index >= 15 is 0 Å². The summed E-state index contributed by atoms with van der Waals surface area (Å²) in [5, 5.41) is 0.872. The van der Waals surface area contributed by atoms with Crippen LogP contribution < -0.4 is 0 Å². The first kappa shape index (κ1) is 11.3. The number of furan rings is 1. The highest BCUT2D eigenvalue weighted by Gasteiger charge is 2.24. The predicted octanol–water partition coefficient (Wildman–Crippen LogP) is 4.99. The molecule has 1 aromatic heterocycles. The molecule has 3 heteroatoms. The van der Waals surface area contributed by atoms with Crippen molar-refractivity contribution in [2.45, 2.75) is 36.4 Å². The largest absolute Gasteiger partial charge is 0.458 e. The van der Waals surface area contributed by atoms with Gasteiger partial charge in [-0.2, -0.15) is 0 Å². The Balaban J connectivity index is 1.97. The molecule has 2 unspecified atom stereocenters. The summed E-state index contributed by atoms with van der Waals surface area (Å²) in [4.78, 5) is 0.569. The van der Waals surface area contributed by atoms with Crippen LogP contribution in [0.5, 0.6) is 0 Å². The summed E-state index contributed by atoms with van der Waals surface area (Å²) in [6.07, 6.45) is 4.66. The van der Waals surface area contributed by atoms with Crippen LogP contribution in [0.1, 0.15) is 37.4 Å². The molecule has 90 valence electrons. The summed E-state index contributed by atoms with van der Waals surface area (Å²) < 4.78 is 19.2. The van der Waals surface area contributed by atoms with Crippen molar-refractivity contribution in [3.63, 3.8) is 0 Å². The lowest BCUT2D eigenvalue weighted by Gasteiger charge is -2.23. The summed E-state index contributed by atoms with van der Waals surface area (Å²) >= 11 is 3.67. The SMILES string of the molecule is Fc1cccc2cc(C3CCCC(Br)C3)oc12. The summed E-state index contributed by atoms with van der Waals surface area (Å²) in [7, 11) is 0. The molecule has 1 nitrogen and oxygen atoms in total. The zero-order valence-electron chi connectivity index (χ0n) is 9.46. The van der Waals surface area contributed by atoms with Crippen molar-refractivity contribution in [1.29, 1.82) is 0 Å². The Labute approximate surface area is 108 Å². The third-order valence-corrected chi connectivity index (χ3v) is 4.36. The smallest absolute Gasteiger partial charge is 0.169 e. The van der Waals surface area contributed by atoms with Gasteiger partial charge in [-0.1, -0.05) is 34.5 Å². The normalized spacial score (nSPS) is 25.3. The zero-order valence-corrected chi connectivity index (χ0v) is 11.0. The van der Waals surface area contributed by atoms with Crippen molar-refractivity contribution in [3.8, 4) is 0 Å². The molecule has 1 aliphatic rings. The average Bonchev–Trinajstić information content (AvgIpc) is 2.74. The van der Waals surface area contributed by atoms with Crippen LogP contribution in [0.3, 0.4) is 0 Å². The lowest BCUT2D eigenvalue weighted by atomic mass is 9.87. The Bertz CT molecular complexity index is 534. The molecule has 2 aromatic rings. The maximum absolute atomic E-state index is 13.5. The summed E-state index contributed by atoms with van der Waals surface area (Å²) in [6, 6.07) is 7.07. The highest BCUT2D eigenvalue weighted by atomic mass is 79.9. The molecule has 1 heterocycles. The Morgan fingerprint density at radius 1 is 1.29 bits per heavy atom. The van der Waals surface area contributed by atoms with Gasteiger partial charge in [0.1, 0.15) is 5.76 Å². The van der Waals surface area contributed by atoms with Crippen LogP contribution in [0.15, 0.2) is 28.7 Å². The van der Waals surface area contributed by atoms with E-state index in [1.54, 1.807) is 6.07 Å². The molecule has 1 aliphatic carbocycles. The number of rotatable bonds is 1. The van der Waals surface area contributed by atoms with E-state index in [-0.39, 0.29) is 5.82 Å². The number of benzene rings is 1. The van der Waals surface area contributed by atoms with Crippen molar-refractivity contribution in [1.82, 2.24) is 0 Å². The van der Waals surface area contributed by atoms with E-state index in [1.807, 2.05) is 12.1 Å². The van der Waals surface area contributed by atoms with Gasteiger partial charge in [0.25, 0.3) is 0 Å². The van der Waals surface area contributed by atoms with Crippen molar-refractivity contribution in [2.24, 2.45) is 0 Å². The summed E-state index contributed by atoms with van der Waals surface area (Å²) in [5.41, 5.74) is 0.402. The van der Waals surface area contributed by atoms with E-state index in [0.29, 0.717) is 16.3 Å². The van der Waals surface area contributed by atoms with E-state index in [9.17, 15) is 4.39 Å². The number of hydrogen-bond donors (Lipinski definition) is 0. The number of alkyl halides is 1. The fourth-order valence-electron chi connectivity index (χ4n) is 2.64. The van der Waals surface area contributed by atoms with Crippen LogP contribution in [0.2, 0.25) is 0 Å². The molecule has 1 fully saturated rings. The van der Waals surface area contributed by atoms with Crippen LogP contribution >= 0.6 is 15.9 Å². The Hall–Kier alpha value is -0.830.